The number of nitrogens with zero attached hydrogens (tertiary/aromatic N) is 2. The zero-order chi connectivity index (χ0) is 19.1. The number of carbonyl (C=O) groups excluding carboxylic acids is 2. The molecule has 1 aliphatic heterocycles. The number of carbonyl (C=O) groups is 2. The molecule has 2 aromatic rings. The van der Waals surface area contributed by atoms with Crippen molar-refractivity contribution in [1.29, 1.82) is 0 Å². The van der Waals surface area contributed by atoms with Crippen molar-refractivity contribution < 1.29 is 19.1 Å². The third-order valence-corrected chi connectivity index (χ3v) is 5.28. The van der Waals surface area contributed by atoms with Gasteiger partial charge in [0.15, 0.2) is 0 Å². The number of rotatable bonds is 7. The number of aromatic nitrogens is 1. The third-order valence-electron chi connectivity index (χ3n) is 4.43. The van der Waals surface area contributed by atoms with E-state index < -0.39 is 0 Å². The van der Waals surface area contributed by atoms with Gasteiger partial charge in [0, 0.05) is 32.2 Å². The Balaban J connectivity index is 1.46. The normalized spacial score (nSPS) is 14.8. The highest BCUT2D eigenvalue weighted by Crippen LogP contribution is 2.22. The molecule has 0 aliphatic carbocycles. The number of ether oxygens (including phenoxy) is 2. The Morgan fingerprint density at radius 3 is 2.70 bits per heavy atom. The number of methoxy groups -OCH3 is 1. The zero-order valence-corrected chi connectivity index (χ0v) is 16.0. The van der Waals surface area contributed by atoms with Crippen molar-refractivity contribution in [3.8, 4) is 5.88 Å². The molecule has 1 fully saturated rings. The minimum Gasteiger partial charge on any atom is -0.475 e. The Labute approximate surface area is 162 Å². The highest BCUT2D eigenvalue weighted by molar-refractivity contribution is 7.12. The van der Waals surface area contributed by atoms with Gasteiger partial charge in [0.1, 0.15) is 6.61 Å². The molecule has 8 heteroatoms. The van der Waals surface area contributed by atoms with Gasteiger partial charge in [0.2, 0.25) is 11.8 Å². The van der Waals surface area contributed by atoms with Crippen LogP contribution < -0.4 is 10.1 Å². The Bertz CT molecular complexity index is 741. The van der Waals surface area contributed by atoms with Crippen molar-refractivity contribution in [2.24, 2.45) is 5.92 Å². The average molecular weight is 389 g/mol. The number of thiophene rings is 1. The zero-order valence-electron chi connectivity index (χ0n) is 15.2. The Morgan fingerprint density at radius 1 is 1.26 bits per heavy atom. The summed E-state index contributed by atoms with van der Waals surface area (Å²) in [4.78, 5) is 31.6. The Kier molecular flexibility index (Phi) is 6.78. The Morgan fingerprint density at radius 2 is 2.07 bits per heavy atom. The van der Waals surface area contributed by atoms with Crippen LogP contribution in [0.15, 0.2) is 35.8 Å². The first-order valence-electron chi connectivity index (χ1n) is 8.89. The summed E-state index contributed by atoms with van der Waals surface area (Å²) in [6.45, 7) is 2.12. The van der Waals surface area contributed by atoms with Gasteiger partial charge in [-0.05, 0) is 30.4 Å². The Hall–Kier alpha value is -2.45. The maximum Gasteiger partial charge on any atom is 0.263 e. The summed E-state index contributed by atoms with van der Waals surface area (Å²) in [5.74, 6) is 0.408. The molecule has 0 unspecified atom stereocenters. The molecule has 2 aromatic heterocycles. The summed E-state index contributed by atoms with van der Waals surface area (Å²) in [5, 5.41) is 4.79. The first-order valence-corrected chi connectivity index (χ1v) is 9.77. The summed E-state index contributed by atoms with van der Waals surface area (Å²) in [6, 6.07) is 7.19. The molecule has 3 heterocycles. The van der Waals surface area contributed by atoms with Crippen LogP contribution in [0, 0.1) is 5.92 Å². The molecule has 7 nitrogen and oxygen atoms in total. The van der Waals surface area contributed by atoms with Crippen LogP contribution in [0.1, 0.15) is 22.5 Å². The van der Waals surface area contributed by atoms with Crippen molar-refractivity contribution in [2.75, 3.05) is 38.7 Å². The lowest BCUT2D eigenvalue weighted by Crippen LogP contribution is -2.41. The van der Waals surface area contributed by atoms with Gasteiger partial charge in [-0.1, -0.05) is 6.07 Å². The second kappa shape index (κ2) is 9.48. The fraction of sp³-hybridized carbons (Fsp3) is 0.421. The van der Waals surface area contributed by atoms with Crippen LogP contribution in [0.4, 0.5) is 5.69 Å². The maximum absolute atomic E-state index is 12.5. The molecule has 0 atom stereocenters. The number of nitrogens with one attached hydrogen (secondary N) is 1. The first kappa shape index (κ1) is 19.3. The number of hydrogen-bond donors (Lipinski definition) is 1. The number of pyridine rings is 1. The quantitative estimate of drug-likeness (QED) is 0.737. The van der Waals surface area contributed by atoms with Gasteiger partial charge in [-0.25, -0.2) is 4.98 Å². The topological polar surface area (TPSA) is 80.8 Å². The first-order chi connectivity index (χ1) is 13.2. The summed E-state index contributed by atoms with van der Waals surface area (Å²) in [5.41, 5.74) is 0.635. The predicted molar refractivity (Wildman–Crippen MR) is 103 cm³/mol. The molecule has 0 aromatic carbocycles. The van der Waals surface area contributed by atoms with Crippen LogP contribution in [-0.4, -0.2) is 55.1 Å². The smallest absolute Gasteiger partial charge is 0.263 e. The molecule has 2 amide bonds. The second-order valence-electron chi connectivity index (χ2n) is 6.26. The molecule has 144 valence electrons. The van der Waals surface area contributed by atoms with Gasteiger partial charge in [-0.2, -0.15) is 0 Å². The molecule has 0 saturated carbocycles. The van der Waals surface area contributed by atoms with Crippen molar-refractivity contribution in [3.05, 3.63) is 40.7 Å². The minimum absolute atomic E-state index is 0.0342. The largest absolute Gasteiger partial charge is 0.475 e. The number of piperidine rings is 1. The van der Waals surface area contributed by atoms with Crippen LogP contribution in [0.2, 0.25) is 0 Å². The van der Waals surface area contributed by atoms with E-state index in [1.807, 2.05) is 22.4 Å². The average Bonchev–Trinajstić information content (AvgIpc) is 3.24. The summed E-state index contributed by atoms with van der Waals surface area (Å²) >= 11 is 1.45. The summed E-state index contributed by atoms with van der Waals surface area (Å²) in [6.07, 6.45) is 2.90. The lowest BCUT2D eigenvalue weighted by atomic mass is 9.95. The van der Waals surface area contributed by atoms with E-state index in [2.05, 4.69) is 10.3 Å². The lowest BCUT2D eigenvalue weighted by molar-refractivity contribution is -0.121. The summed E-state index contributed by atoms with van der Waals surface area (Å²) < 4.78 is 10.3. The molecule has 0 radical (unpaired) electrons. The molecular weight excluding hydrogens is 366 g/mol. The molecule has 1 aliphatic rings. The SMILES string of the molecule is COCCOc1ccc(NC(=O)C2CCN(C(=O)c3cccs3)CC2)cn1. The molecule has 1 saturated heterocycles. The van der Waals surface area contributed by atoms with Gasteiger partial charge in [0.25, 0.3) is 5.91 Å². The van der Waals surface area contributed by atoms with Gasteiger partial charge in [0.05, 0.1) is 23.4 Å². The monoisotopic (exact) mass is 389 g/mol. The van der Waals surface area contributed by atoms with Crippen molar-refractivity contribution in [2.45, 2.75) is 12.8 Å². The standard InChI is InChI=1S/C19H23N3O4S/c1-25-10-11-26-17-5-4-15(13-20-17)21-18(23)14-6-8-22(9-7-14)19(24)16-3-2-12-27-16/h2-5,12-14H,6-11H2,1H3,(H,21,23). The van der Waals surface area contributed by atoms with Crippen molar-refractivity contribution in [1.82, 2.24) is 9.88 Å². The van der Waals surface area contributed by atoms with Crippen LogP contribution >= 0.6 is 11.3 Å². The fourth-order valence-corrected chi connectivity index (χ4v) is 3.61. The highest BCUT2D eigenvalue weighted by atomic mass is 32.1. The second-order valence-corrected chi connectivity index (χ2v) is 7.21. The van der Waals surface area contributed by atoms with E-state index >= 15 is 0 Å². The van der Waals surface area contributed by atoms with Gasteiger partial charge in [-0.15, -0.1) is 11.3 Å². The van der Waals surface area contributed by atoms with E-state index in [0.717, 1.165) is 4.88 Å². The fourth-order valence-electron chi connectivity index (χ4n) is 2.91. The number of likely N-dealkylation sites (tertiary alicyclic amines) is 1. The molecule has 0 spiro atoms. The van der Waals surface area contributed by atoms with Crippen LogP contribution in [0.25, 0.3) is 0 Å². The highest BCUT2D eigenvalue weighted by Gasteiger charge is 2.28. The van der Waals surface area contributed by atoms with Gasteiger partial charge < -0.3 is 19.7 Å². The predicted octanol–water partition coefficient (Wildman–Crippen LogP) is 2.66. The lowest BCUT2D eigenvalue weighted by Gasteiger charge is -2.31. The van der Waals surface area contributed by atoms with Crippen molar-refractivity contribution in [3.63, 3.8) is 0 Å². The summed E-state index contributed by atoms with van der Waals surface area (Å²) in [7, 11) is 1.61. The third kappa shape index (κ3) is 5.27. The van der Waals surface area contributed by atoms with Crippen LogP contribution in [0.3, 0.4) is 0 Å². The van der Waals surface area contributed by atoms with Gasteiger partial charge >= 0.3 is 0 Å². The number of hydrogen-bond acceptors (Lipinski definition) is 6. The molecular formula is C19H23N3O4S. The molecule has 1 N–H and O–H groups in total. The molecule has 0 bridgehead atoms. The van der Waals surface area contributed by atoms with E-state index in [4.69, 9.17) is 9.47 Å². The molecule has 27 heavy (non-hydrogen) atoms. The molecule has 3 rings (SSSR count). The van der Waals surface area contributed by atoms with Crippen LogP contribution in [-0.2, 0) is 9.53 Å². The van der Waals surface area contributed by atoms with E-state index in [1.165, 1.54) is 11.3 Å². The maximum atomic E-state index is 12.5. The number of amides is 2. The minimum atomic E-state index is -0.102. The van der Waals surface area contributed by atoms with Crippen LogP contribution in [0.5, 0.6) is 5.88 Å². The van der Waals surface area contributed by atoms with Crippen molar-refractivity contribution >= 4 is 28.8 Å². The van der Waals surface area contributed by atoms with Gasteiger partial charge in [-0.3, -0.25) is 9.59 Å². The van der Waals surface area contributed by atoms with E-state index in [1.54, 1.807) is 25.4 Å². The van der Waals surface area contributed by atoms with E-state index in [9.17, 15) is 9.59 Å². The van der Waals surface area contributed by atoms with E-state index in [0.29, 0.717) is 50.7 Å². The van der Waals surface area contributed by atoms with E-state index in [-0.39, 0.29) is 17.7 Å². The number of anilines is 1.